The van der Waals surface area contributed by atoms with E-state index in [-0.39, 0.29) is 81.0 Å². The van der Waals surface area contributed by atoms with Crippen molar-refractivity contribution in [1.29, 1.82) is 0 Å². The molecule has 1 unspecified atom stereocenters. The number of carbonyl (C=O) groups is 4. The standard InChI is InChI=1S/C50H50F2N6O7/c1-6-31-36(51)15-12-27-20-30(65-44-38-32(42(59)43(44)60)10-9-11-33(38)45(61)49(2,3)4)21-34(37(27)31)40-39(52)41-35(22-53-40)46(57-23-28-13-14-29(24-57)58(28)48(62)63-5)55-47(54-41)64-26-50(16-17-50)25-56-18-7-8-19-56/h7-12,15,20-22,28-29,44H,6,13-14,16-19,23-26H2,1-5H3/t28-,29+,44?. The van der Waals surface area contributed by atoms with E-state index < -0.39 is 34.7 Å². The number of hydrogen-bond donors (Lipinski definition) is 0. The predicted octanol–water partition coefficient (Wildman–Crippen LogP) is 8.25. The summed E-state index contributed by atoms with van der Waals surface area (Å²) in [6.45, 7) is 10.8. The van der Waals surface area contributed by atoms with E-state index in [0.29, 0.717) is 47.2 Å². The highest BCUT2D eigenvalue weighted by Gasteiger charge is 2.47. The van der Waals surface area contributed by atoms with Gasteiger partial charge in [0.1, 0.15) is 28.6 Å². The van der Waals surface area contributed by atoms with Crippen LogP contribution in [0.1, 0.15) is 91.3 Å². The van der Waals surface area contributed by atoms with Crippen LogP contribution < -0.4 is 14.4 Å². The third kappa shape index (κ3) is 7.37. The second kappa shape index (κ2) is 16.0. The first-order chi connectivity index (χ1) is 31.2. The number of methoxy groups -OCH3 is 1. The predicted molar refractivity (Wildman–Crippen MR) is 239 cm³/mol. The van der Waals surface area contributed by atoms with Crippen molar-refractivity contribution in [2.45, 2.75) is 78.0 Å². The van der Waals surface area contributed by atoms with Crippen molar-refractivity contribution in [1.82, 2.24) is 24.8 Å². The summed E-state index contributed by atoms with van der Waals surface area (Å²) >= 11 is 0. The summed E-state index contributed by atoms with van der Waals surface area (Å²) in [5.41, 5.74) is -0.175. The van der Waals surface area contributed by atoms with Crippen LogP contribution in [0, 0.1) is 22.5 Å². The van der Waals surface area contributed by atoms with Crippen LogP contribution >= 0.6 is 0 Å². The molecule has 1 amide bonds. The summed E-state index contributed by atoms with van der Waals surface area (Å²) in [6.07, 6.45) is 7.72. The average Bonchev–Trinajstić information content (AvgIpc) is 3.64. The van der Waals surface area contributed by atoms with Gasteiger partial charge in [-0.15, -0.1) is 0 Å². The highest BCUT2D eigenvalue weighted by molar-refractivity contribution is 6.49. The van der Waals surface area contributed by atoms with Gasteiger partial charge in [-0.1, -0.05) is 64.1 Å². The highest BCUT2D eigenvalue weighted by atomic mass is 19.1. The quantitative estimate of drug-likeness (QED) is 0.0716. The third-order valence-corrected chi connectivity index (χ3v) is 13.7. The number of pyridine rings is 1. The molecule has 2 aliphatic carbocycles. The summed E-state index contributed by atoms with van der Waals surface area (Å²) in [5, 5.41) is 1.19. The Morgan fingerprint density at radius 3 is 2.37 bits per heavy atom. The van der Waals surface area contributed by atoms with Crippen LogP contribution in [-0.4, -0.2) is 107 Å². The Morgan fingerprint density at radius 2 is 1.69 bits per heavy atom. The molecule has 336 valence electrons. The Bertz CT molecular complexity index is 2850. The molecular formula is C50H50F2N6O7. The van der Waals surface area contributed by atoms with E-state index in [4.69, 9.17) is 29.2 Å². The average molecular weight is 885 g/mol. The van der Waals surface area contributed by atoms with Crippen LogP contribution in [0.25, 0.3) is 32.9 Å². The van der Waals surface area contributed by atoms with E-state index in [1.807, 2.05) is 4.90 Å². The number of anilines is 1. The van der Waals surface area contributed by atoms with Gasteiger partial charge in [0.2, 0.25) is 11.6 Å². The van der Waals surface area contributed by atoms with Gasteiger partial charge < -0.3 is 19.1 Å². The normalized spacial score (nSPS) is 21.1. The lowest BCUT2D eigenvalue weighted by molar-refractivity contribution is -0.120. The number of fused-ring (bicyclic) bond motifs is 5. The summed E-state index contributed by atoms with van der Waals surface area (Å²) in [5.74, 6) is -2.70. The molecule has 3 fully saturated rings. The van der Waals surface area contributed by atoms with Crippen molar-refractivity contribution < 1.29 is 42.2 Å². The van der Waals surface area contributed by atoms with E-state index in [2.05, 4.69) is 17.1 Å². The Morgan fingerprint density at radius 1 is 0.954 bits per heavy atom. The van der Waals surface area contributed by atoms with Crippen molar-refractivity contribution in [3.05, 3.63) is 94.7 Å². The molecule has 3 atom stereocenters. The molecule has 0 spiro atoms. The molecule has 3 aromatic carbocycles. The second-order valence-corrected chi connectivity index (χ2v) is 19.1. The van der Waals surface area contributed by atoms with Crippen molar-refractivity contribution in [3.8, 4) is 23.0 Å². The molecule has 2 saturated heterocycles. The topological polar surface area (TPSA) is 144 Å². The smallest absolute Gasteiger partial charge is 0.410 e. The van der Waals surface area contributed by atoms with Gasteiger partial charge in [0.05, 0.1) is 31.2 Å². The fraction of sp³-hybridized carbons (Fsp3) is 0.420. The Labute approximate surface area is 374 Å². The van der Waals surface area contributed by atoms with Crippen LogP contribution in [0.5, 0.6) is 11.8 Å². The number of hydrogen-bond acceptors (Lipinski definition) is 12. The largest absolute Gasteiger partial charge is 0.477 e. The molecule has 0 radical (unpaired) electrons. The molecule has 3 aliphatic heterocycles. The number of aryl methyl sites for hydroxylation is 1. The monoisotopic (exact) mass is 884 g/mol. The third-order valence-electron chi connectivity index (χ3n) is 13.7. The van der Waals surface area contributed by atoms with Crippen LogP contribution in [0.4, 0.5) is 19.4 Å². The maximum absolute atomic E-state index is 17.8. The van der Waals surface area contributed by atoms with Gasteiger partial charge in [-0.05, 0) is 66.6 Å². The van der Waals surface area contributed by atoms with Crippen molar-refractivity contribution in [3.63, 3.8) is 0 Å². The maximum Gasteiger partial charge on any atom is 0.410 e. The number of benzene rings is 3. The number of amides is 1. The number of nitrogens with zero attached hydrogens (tertiary/aromatic N) is 6. The summed E-state index contributed by atoms with van der Waals surface area (Å²) < 4.78 is 51.5. The van der Waals surface area contributed by atoms with Gasteiger partial charge >= 0.3 is 12.1 Å². The maximum atomic E-state index is 17.8. The first kappa shape index (κ1) is 42.6. The van der Waals surface area contributed by atoms with Gasteiger partial charge in [0.25, 0.3) is 0 Å². The van der Waals surface area contributed by atoms with Gasteiger partial charge in [0.15, 0.2) is 17.7 Å². The number of carbonyl (C=O) groups excluding carboxylic acids is 4. The van der Waals surface area contributed by atoms with Crippen LogP contribution in [0.3, 0.4) is 0 Å². The van der Waals surface area contributed by atoms with E-state index in [1.165, 1.54) is 31.5 Å². The molecule has 2 bridgehead atoms. The number of ketones is 3. The van der Waals surface area contributed by atoms with Gasteiger partial charge in [0, 0.05) is 72.0 Å². The molecule has 5 heterocycles. The van der Waals surface area contributed by atoms with Crippen molar-refractivity contribution in [2.75, 3.05) is 51.3 Å². The minimum absolute atomic E-state index is 0.00281. The summed E-state index contributed by atoms with van der Waals surface area (Å²) in [7, 11) is 1.37. The molecule has 15 heteroatoms. The van der Waals surface area contributed by atoms with Crippen LogP contribution in [0.15, 0.2) is 60.8 Å². The zero-order valence-corrected chi connectivity index (χ0v) is 37.1. The Balaban J connectivity index is 1.09. The molecule has 1 saturated carbocycles. The molecule has 65 heavy (non-hydrogen) atoms. The van der Waals surface area contributed by atoms with Crippen molar-refractivity contribution >= 4 is 50.9 Å². The highest BCUT2D eigenvalue weighted by Crippen LogP contribution is 2.48. The molecule has 5 aromatic rings. The number of piperazine rings is 1. The fourth-order valence-electron chi connectivity index (χ4n) is 10.2. The minimum atomic E-state index is -1.47. The zero-order chi connectivity index (χ0) is 45.5. The SMILES string of the molecule is CCc1c(F)ccc2cc(OC3C(=O)C(=O)c4cccc(C(=O)C(C)(C)C)c43)cc(-c3ncc4c(N5C[C@H]6CC[C@@H](C5)N6C(=O)OC)nc(OCC5(CN6CC=CC6)CC5)nc4c3F)c12. The van der Waals surface area contributed by atoms with Gasteiger partial charge in [-0.25, -0.2) is 13.6 Å². The molecule has 2 aromatic heterocycles. The number of aromatic nitrogens is 3. The van der Waals surface area contributed by atoms with Gasteiger partial charge in [-0.2, -0.15) is 9.97 Å². The lowest BCUT2D eigenvalue weighted by atomic mass is 9.83. The number of halogens is 2. The summed E-state index contributed by atoms with van der Waals surface area (Å²) in [6, 6.07) is 10.3. The molecule has 5 aliphatic rings. The lowest BCUT2D eigenvalue weighted by Crippen LogP contribution is -2.56. The molecule has 10 rings (SSSR count). The van der Waals surface area contributed by atoms with Crippen LogP contribution in [-0.2, 0) is 16.0 Å². The van der Waals surface area contributed by atoms with E-state index in [9.17, 15) is 19.2 Å². The molecule has 13 nitrogen and oxygen atoms in total. The Kier molecular flexibility index (Phi) is 10.5. The first-order valence-corrected chi connectivity index (χ1v) is 22.3. The lowest BCUT2D eigenvalue weighted by Gasteiger charge is -2.40. The second-order valence-electron chi connectivity index (χ2n) is 19.1. The van der Waals surface area contributed by atoms with E-state index >= 15 is 8.78 Å². The first-order valence-electron chi connectivity index (χ1n) is 22.3. The minimum Gasteiger partial charge on any atom is -0.477 e. The number of Topliss-reactive ketones (excluding diaryl/α,β-unsaturated/α-hetero) is 3. The molecular weight excluding hydrogens is 835 g/mol. The number of rotatable bonds is 11. The Hall–Kier alpha value is -6.35. The number of ether oxygens (including phenoxy) is 3. The van der Waals surface area contributed by atoms with Gasteiger partial charge in [-0.3, -0.25) is 29.2 Å². The van der Waals surface area contributed by atoms with Crippen LogP contribution in [0.2, 0.25) is 0 Å². The van der Waals surface area contributed by atoms with E-state index in [1.54, 1.807) is 56.9 Å². The zero-order valence-electron chi connectivity index (χ0n) is 37.1. The van der Waals surface area contributed by atoms with Crippen molar-refractivity contribution in [2.24, 2.45) is 10.8 Å². The fourth-order valence-corrected chi connectivity index (χ4v) is 10.2. The molecule has 0 N–H and O–H groups in total. The van der Waals surface area contributed by atoms with E-state index in [0.717, 1.165) is 45.3 Å². The summed E-state index contributed by atoms with van der Waals surface area (Å²) in [4.78, 5) is 74.1.